The van der Waals surface area contributed by atoms with Gasteiger partial charge in [-0.25, -0.2) is 0 Å². The molecule has 0 heterocycles. The fraction of sp³-hybridized carbons (Fsp3) is 0.571. The second-order valence-corrected chi connectivity index (χ2v) is 4.27. The molecule has 0 unspecified atom stereocenters. The molecule has 0 saturated heterocycles. The van der Waals surface area contributed by atoms with E-state index in [2.05, 4.69) is 19.7 Å². The van der Waals surface area contributed by atoms with E-state index in [1.807, 2.05) is 0 Å². The number of terminal acetylenes is 1. The molecule has 0 aromatic rings. The van der Waals surface area contributed by atoms with Gasteiger partial charge in [-0.2, -0.15) is 0 Å². The highest BCUT2D eigenvalue weighted by molar-refractivity contribution is 7.54. The van der Waals surface area contributed by atoms with E-state index in [9.17, 15) is 9.36 Å². The lowest BCUT2D eigenvalue weighted by molar-refractivity contribution is -0.139. The Morgan fingerprint density at radius 1 is 1.46 bits per heavy atom. The lowest BCUT2D eigenvalue weighted by Gasteiger charge is -2.11. The first-order chi connectivity index (χ1) is 6.08. The zero-order valence-electron chi connectivity index (χ0n) is 7.48. The van der Waals surface area contributed by atoms with E-state index < -0.39 is 19.7 Å². The van der Waals surface area contributed by atoms with Gasteiger partial charge >= 0.3 is 13.6 Å². The van der Waals surface area contributed by atoms with E-state index in [1.165, 1.54) is 14.2 Å². The van der Waals surface area contributed by atoms with Crippen molar-refractivity contribution in [3.8, 4) is 12.3 Å². The minimum atomic E-state index is -3.32. The fourth-order valence-electron chi connectivity index (χ4n) is 0.530. The van der Waals surface area contributed by atoms with Crippen molar-refractivity contribution in [1.82, 2.24) is 0 Å². The SMILES string of the molecule is C#CCOC(=O)CP(=O)(OC)OC. The van der Waals surface area contributed by atoms with E-state index in [0.29, 0.717) is 0 Å². The molecular formula is C7H11O5P. The van der Waals surface area contributed by atoms with Gasteiger partial charge in [0.25, 0.3) is 0 Å². The minimum Gasteiger partial charge on any atom is -0.452 e. The number of hydrogen-bond acceptors (Lipinski definition) is 5. The van der Waals surface area contributed by atoms with E-state index in [4.69, 9.17) is 6.42 Å². The molecule has 0 rings (SSSR count). The van der Waals surface area contributed by atoms with Crippen molar-refractivity contribution in [3.05, 3.63) is 0 Å². The third kappa shape index (κ3) is 4.69. The Balaban J connectivity index is 4.04. The monoisotopic (exact) mass is 206 g/mol. The predicted octanol–water partition coefficient (Wildman–Crippen LogP) is 0.649. The second-order valence-electron chi connectivity index (χ2n) is 2.00. The Kier molecular flexibility index (Phi) is 5.40. The standard InChI is InChI=1S/C7H11O5P/c1-4-5-12-7(8)6-13(9,10-2)11-3/h1H,5-6H2,2-3H3. The third-order valence-corrected chi connectivity index (χ3v) is 2.95. The van der Waals surface area contributed by atoms with Crippen molar-refractivity contribution in [2.75, 3.05) is 27.0 Å². The first-order valence-electron chi connectivity index (χ1n) is 3.37. The zero-order valence-corrected chi connectivity index (χ0v) is 8.37. The summed E-state index contributed by atoms with van der Waals surface area (Å²) in [6.07, 6.45) is 4.42. The molecule has 0 spiro atoms. The maximum absolute atomic E-state index is 11.3. The van der Waals surface area contributed by atoms with Crippen LogP contribution in [0.2, 0.25) is 0 Å². The third-order valence-electron chi connectivity index (χ3n) is 1.20. The highest BCUT2D eigenvalue weighted by Crippen LogP contribution is 2.45. The normalized spacial score (nSPS) is 10.5. The van der Waals surface area contributed by atoms with E-state index in [-0.39, 0.29) is 6.61 Å². The van der Waals surface area contributed by atoms with Gasteiger partial charge in [0.05, 0.1) is 0 Å². The van der Waals surface area contributed by atoms with E-state index in [0.717, 1.165) is 0 Å². The summed E-state index contributed by atoms with van der Waals surface area (Å²) < 4.78 is 24.8. The summed E-state index contributed by atoms with van der Waals surface area (Å²) >= 11 is 0. The van der Waals surface area contributed by atoms with Crippen molar-refractivity contribution in [2.45, 2.75) is 0 Å². The molecule has 0 saturated carbocycles. The summed E-state index contributed by atoms with van der Waals surface area (Å²) in [6, 6.07) is 0. The lowest BCUT2D eigenvalue weighted by Crippen LogP contribution is -2.11. The Labute approximate surface area is 76.9 Å². The van der Waals surface area contributed by atoms with Crippen molar-refractivity contribution < 1.29 is 23.1 Å². The Hall–Kier alpha value is -0.820. The zero-order chi connectivity index (χ0) is 10.3. The summed E-state index contributed by atoms with van der Waals surface area (Å²) in [5.74, 6) is 1.40. The van der Waals surface area contributed by atoms with Gasteiger partial charge in [0.2, 0.25) is 0 Å². The van der Waals surface area contributed by atoms with Crippen LogP contribution in [0.15, 0.2) is 0 Å². The van der Waals surface area contributed by atoms with Crippen LogP contribution in [0.25, 0.3) is 0 Å². The molecular weight excluding hydrogens is 195 g/mol. The molecule has 0 atom stereocenters. The molecule has 13 heavy (non-hydrogen) atoms. The van der Waals surface area contributed by atoms with Gasteiger partial charge in [0, 0.05) is 14.2 Å². The van der Waals surface area contributed by atoms with Crippen LogP contribution in [0.4, 0.5) is 0 Å². The lowest BCUT2D eigenvalue weighted by atomic mass is 10.7. The number of ether oxygens (including phenoxy) is 1. The maximum atomic E-state index is 11.3. The van der Waals surface area contributed by atoms with Gasteiger partial charge in [-0.3, -0.25) is 9.36 Å². The molecule has 0 N–H and O–H groups in total. The molecule has 0 bridgehead atoms. The van der Waals surface area contributed by atoms with Gasteiger partial charge in [0.15, 0.2) is 6.61 Å². The number of carbonyl (C=O) groups excluding carboxylic acids is 1. The number of esters is 1. The Morgan fingerprint density at radius 3 is 2.38 bits per heavy atom. The summed E-state index contributed by atoms with van der Waals surface area (Å²) in [6.45, 7) is -0.147. The van der Waals surface area contributed by atoms with Crippen molar-refractivity contribution in [3.63, 3.8) is 0 Å². The van der Waals surface area contributed by atoms with Crippen LogP contribution in [0, 0.1) is 12.3 Å². The Bertz CT molecular complexity index is 246. The molecule has 6 heteroatoms. The Morgan fingerprint density at radius 2 is 2.00 bits per heavy atom. The van der Waals surface area contributed by atoms with Gasteiger partial charge in [0.1, 0.15) is 6.16 Å². The molecule has 0 aliphatic carbocycles. The quantitative estimate of drug-likeness (QED) is 0.375. The van der Waals surface area contributed by atoms with Crippen LogP contribution in [0.5, 0.6) is 0 Å². The average Bonchev–Trinajstić information content (AvgIpc) is 2.14. The van der Waals surface area contributed by atoms with E-state index in [1.54, 1.807) is 0 Å². The molecule has 0 radical (unpaired) electrons. The minimum absolute atomic E-state index is 0.147. The molecule has 0 aliphatic rings. The molecule has 0 aromatic heterocycles. The highest BCUT2D eigenvalue weighted by atomic mass is 31.2. The second kappa shape index (κ2) is 5.76. The maximum Gasteiger partial charge on any atom is 0.341 e. The molecule has 0 amide bonds. The fourth-order valence-corrected chi connectivity index (χ4v) is 1.34. The summed E-state index contributed by atoms with van der Waals surface area (Å²) in [5, 5.41) is 0. The first kappa shape index (κ1) is 12.2. The molecule has 0 aromatic carbocycles. The largest absolute Gasteiger partial charge is 0.452 e. The highest BCUT2D eigenvalue weighted by Gasteiger charge is 2.26. The first-order valence-corrected chi connectivity index (χ1v) is 5.10. The van der Waals surface area contributed by atoms with Crippen LogP contribution in [-0.2, 0) is 23.1 Å². The van der Waals surface area contributed by atoms with Crippen LogP contribution in [0.3, 0.4) is 0 Å². The van der Waals surface area contributed by atoms with Gasteiger partial charge in [-0.05, 0) is 0 Å². The molecule has 0 fully saturated rings. The van der Waals surface area contributed by atoms with Crippen LogP contribution in [-0.4, -0.2) is 33.0 Å². The summed E-state index contributed by atoms with van der Waals surface area (Å²) in [7, 11) is -0.934. The van der Waals surface area contributed by atoms with Gasteiger partial charge in [-0.1, -0.05) is 5.92 Å². The average molecular weight is 206 g/mol. The summed E-state index contributed by atoms with van der Waals surface area (Å²) in [5.41, 5.74) is 0. The van der Waals surface area contributed by atoms with E-state index >= 15 is 0 Å². The van der Waals surface area contributed by atoms with Crippen molar-refractivity contribution in [2.24, 2.45) is 0 Å². The van der Waals surface area contributed by atoms with Crippen LogP contribution >= 0.6 is 7.60 Å². The van der Waals surface area contributed by atoms with Crippen LogP contribution < -0.4 is 0 Å². The van der Waals surface area contributed by atoms with Crippen molar-refractivity contribution in [1.29, 1.82) is 0 Å². The number of hydrogen-bond donors (Lipinski definition) is 0. The van der Waals surface area contributed by atoms with Gasteiger partial charge < -0.3 is 13.8 Å². The predicted molar refractivity (Wildman–Crippen MR) is 46.3 cm³/mol. The number of rotatable bonds is 5. The molecule has 0 aliphatic heterocycles. The summed E-state index contributed by atoms with van der Waals surface area (Å²) in [4.78, 5) is 10.9. The molecule has 5 nitrogen and oxygen atoms in total. The molecule has 74 valence electrons. The van der Waals surface area contributed by atoms with Crippen LogP contribution in [0.1, 0.15) is 0 Å². The smallest absolute Gasteiger partial charge is 0.341 e. The van der Waals surface area contributed by atoms with Gasteiger partial charge in [-0.15, -0.1) is 6.42 Å². The number of carbonyl (C=O) groups is 1. The topological polar surface area (TPSA) is 61.8 Å². The van der Waals surface area contributed by atoms with Crippen molar-refractivity contribution >= 4 is 13.6 Å².